The molecule has 0 saturated heterocycles. The van der Waals surface area contributed by atoms with E-state index in [-0.39, 0.29) is 11.7 Å². The van der Waals surface area contributed by atoms with Crippen LogP contribution in [0.25, 0.3) is 0 Å². The number of aryl methyl sites for hydroxylation is 1. The van der Waals surface area contributed by atoms with Crippen molar-refractivity contribution in [3.8, 4) is 0 Å². The van der Waals surface area contributed by atoms with Crippen molar-refractivity contribution < 1.29 is 9.18 Å². The number of carbonyl (C=O) groups excluding carboxylic acids is 1. The average molecular weight is 307 g/mol. The first-order chi connectivity index (χ1) is 10.3. The molecule has 0 aliphatic heterocycles. The number of carbonyl (C=O) groups is 1. The number of nitrogens with one attached hydrogen (secondary N) is 2. The number of rotatable bonds is 8. The van der Waals surface area contributed by atoms with Crippen LogP contribution in [0, 0.1) is 5.82 Å². The molecule has 0 unspecified atom stereocenters. The average Bonchev–Trinajstić information content (AvgIpc) is 2.99. The largest absolute Gasteiger partial charge is 0.356 e. The number of hydrogen-bond donors (Lipinski definition) is 2. The quantitative estimate of drug-likeness (QED) is 0.582. The van der Waals surface area contributed by atoms with Crippen LogP contribution in [-0.4, -0.2) is 28.2 Å². The lowest BCUT2D eigenvalue weighted by molar-refractivity contribution is -0.120. The topological polar surface area (TPSA) is 57.8 Å². The van der Waals surface area contributed by atoms with Gasteiger partial charge in [-0.25, -0.2) is 9.37 Å². The third-order valence-electron chi connectivity index (χ3n) is 2.89. The first-order valence-corrected chi connectivity index (χ1v) is 7.86. The molecule has 0 atom stereocenters. The van der Waals surface area contributed by atoms with Crippen LogP contribution in [0.1, 0.15) is 18.7 Å². The van der Waals surface area contributed by atoms with Crippen molar-refractivity contribution in [3.05, 3.63) is 48.3 Å². The summed E-state index contributed by atoms with van der Waals surface area (Å²) in [7, 11) is 0. The molecule has 0 bridgehead atoms. The van der Waals surface area contributed by atoms with Gasteiger partial charge in [-0.05, 0) is 18.6 Å². The monoisotopic (exact) mass is 307 g/mol. The smallest absolute Gasteiger partial charge is 0.220 e. The minimum Gasteiger partial charge on any atom is -0.356 e. The highest BCUT2D eigenvalue weighted by atomic mass is 32.2. The van der Waals surface area contributed by atoms with Crippen LogP contribution >= 0.6 is 11.8 Å². The van der Waals surface area contributed by atoms with Gasteiger partial charge in [-0.2, -0.15) is 0 Å². The van der Waals surface area contributed by atoms with Crippen LogP contribution in [0.5, 0.6) is 0 Å². The number of amides is 1. The molecule has 2 rings (SSSR count). The Bertz CT molecular complexity index is 560. The van der Waals surface area contributed by atoms with Crippen LogP contribution in [-0.2, 0) is 11.2 Å². The van der Waals surface area contributed by atoms with Gasteiger partial charge < -0.3 is 10.3 Å². The Morgan fingerprint density at radius 3 is 3.00 bits per heavy atom. The molecule has 1 heterocycles. The van der Waals surface area contributed by atoms with Crippen molar-refractivity contribution in [3.63, 3.8) is 0 Å². The second-order valence-electron chi connectivity index (χ2n) is 4.52. The van der Waals surface area contributed by atoms with E-state index in [1.807, 2.05) is 0 Å². The molecule has 0 saturated carbocycles. The molecule has 0 radical (unpaired) electrons. The molecule has 4 nitrogen and oxygen atoms in total. The molecule has 2 aromatic rings. The van der Waals surface area contributed by atoms with Gasteiger partial charge in [-0.15, -0.1) is 11.8 Å². The summed E-state index contributed by atoms with van der Waals surface area (Å²) >= 11 is 1.36. The molecule has 1 aromatic heterocycles. The second-order valence-corrected chi connectivity index (χ2v) is 5.66. The van der Waals surface area contributed by atoms with E-state index in [0.717, 1.165) is 18.7 Å². The Labute approximate surface area is 127 Å². The maximum absolute atomic E-state index is 13.4. The number of halogens is 1. The first kappa shape index (κ1) is 15.6. The summed E-state index contributed by atoms with van der Waals surface area (Å²) in [6.07, 6.45) is 5.55. The van der Waals surface area contributed by atoms with Crippen LogP contribution in [0.2, 0.25) is 0 Å². The Balaban J connectivity index is 1.56. The molecule has 0 aliphatic carbocycles. The predicted octanol–water partition coefficient (Wildman–Crippen LogP) is 2.78. The van der Waals surface area contributed by atoms with E-state index in [1.54, 1.807) is 30.6 Å². The van der Waals surface area contributed by atoms with E-state index in [2.05, 4.69) is 15.3 Å². The predicted molar refractivity (Wildman–Crippen MR) is 81.7 cm³/mol. The molecule has 0 spiro atoms. The molecule has 1 aromatic carbocycles. The zero-order chi connectivity index (χ0) is 14.9. The minimum absolute atomic E-state index is 0.00159. The highest BCUT2D eigenvalue weighted by Gasteiger charge is 2.04. The number of aromatic nitrogens is 2. The standard InChI is InChI=1S/C15H18FN3OS/c16-12-4-1-2-5-13(12)21-11-7-15(20)19-8-3-6-14-17-9-10-18-14/h1-2,4-5,9-10H,3,6-8,11H2,(H,17,18)(H,19,20). The van der Waals surface area contributed by atoms with E-state index in [4.69, 9.17) is 0 Å². The molecule has 0 fully saturated rings. The maximum Gasteiger partial charge on any atom is 0.220 e. The van der Waals surface area contributed by atoms with E-state index >= 15 is 0 Å². The number of nitrogens with zero attached hydrogens (tertiary/aromatic N) is 1. The Kier molecular flexibility index (Phi) is 6.27. The third kappa shape index (κ3) is 5.59. The summed E-state index contributed by atoms with van der Waals surface area (Å²) in [5.74, 6) is 1.27. The molecule has 0 aliphatic rings. The van der Waals surface area contributed by atoms with Gasteiger partial charge in [-0.3, -0.25) is 4.79 Å². The van der Waals surface area contributed by atoms with Gasteiger partial charge in [0.1, 0.15) is 11.6 Å². The number of thioether (sulfide) groups is 1. The minimum atomic E-state index is -0.235. The van der Waals surface area contributed by atoms with Crippen molar-refractivity contribution >= 4 is 17.7 Å². The number of imidazole rings is 1. The highest BCUT2D eigenvalue weighted by molar-refractivity contribution is 7.99. The summed E-state index contributed by atoms with van der Waals surface area (Å²) < 4.78 is 13.4. The second kappa shape index (κ2) is 8.46. The molecule has 2 N–H and O–H groups in total. The number of H-pyrrole nitrogens is 1. The fourth-order valence-corrected chi connectivity index (χ4v) is 2.71. The van der Waals surface area contributed by atoms with Crippen LogP contribution in [0.3, 0.4) is 0 Å². The van der Waals surface area contributed by atoms with Gasteiger partial charge in [0.2, 0.25) is 5.91 Å². The fraction of sp³-hybridized carbons (Fsp3) is 0.333. The van der Waals surface area contributed by atoms with Gasteiger partial charge in [0, 0.05) is 42.4 Å². The molecule has 6 heteroatoms. The van der Waals surface area contributed by atoms with E-state index in [0.29, 0.717) is 23.6 Å². The molecule has 1 amide bonds. The van der Waals surface area contributed by atoms with Crippen LogP contribution in [0.4, 0.5) is 4.39 Å². The molecule has 112 valence electrons. The first-order valence-electron chi connectivity index (χ1n) is 6.88. The highest BCUT2D eigenvalue weighted by Crippen LogP contribution is 2.21. The van der Waals surface area contributed by atoms with Gasteiger partial charge in [0.05, 0.1) is 0 Å². The summed E-state index contributed by atoms with van der Waals surface area (Å²) in [6.45, 7) is 0.629. The Morgan fingerprint density at radius 2 is 2.24 bits per heavy atom. The fourth-order valence-electron chi connectivity index (χ4n) is 1.82. The number of benzene rings is 1. The van der Waals surface area contributed by atoms with Crippen LogP contribution < -0.4 is 5.32 Å². The zero-order valence-corrected chi connectivity index (χ0v) is 12.5. The zero-order valence-electron chi connectivity index (χ0n) is 11.6. The molecular weight excluding hydrogens is 289 g/mol. The van der Waals surface area contributed by atoms with Crippen molar-refractivity contribution in [2.24, 2.45) is 0 Å². The summed E-state index contributed by atoms with van der Waals surface area (Å²) in [5, 5.41) is 2.86. The van der Waals surface area contributed by atoms with Crippen molar-refractivity contribution in [1.29, 1.82) is 0 Å². The summed E-state index contributed by atoms with van der Waals surface area (Å²) in [6, 6.07) is 6.60. The van der Waals surface area contributed by atoms with Gasteiger partial charge in [0.25, 0.3) is 0 Å². The molecular formula is C15H18FN3OS. The lowest BCUT2D eigenvalue weighted by Crippen LogP contribution is -2.25. The van der Waals surface area contributed by atoms with E-state index in [9.17, 15) is 9.18 Å². The maximum atomic E-state index is 13.4. The van der Waals surface area contributed by atoms with E-state index < -0.39 is 0 Å². The Hall–Kier alpha value is -1.82. The molecule has 21 heavy (non-hydrogen) atoms. The SMILES string of the molecule is O=C(CCSc1ccccc1F)NCCCc1ncc[nH]1. The van der Waals surface area contributed by atoms with Gasteiger partial charge >= 0.3 is 0 Å². The van der Waals surface area contributed by atoms with Crippen molar-refractivity contribution in [1.82, 2.24) is 15.3 Å². The summed E-state index contributed by atoms with van der Waals surface area (Å²) in [4.78, 5) is 19.4. The van der Waals surface area contributed by atoms with E-state index in [1.165, 1.54) is 17.8 Å². The van der Waals surface area contributed by atoms with Crippen LogP contribution in [0.15, 0.2) is 41.6 Å². The summed E-state index contributed by atoms with van der Waals surface area (Å²) in [5.41, 5.74) is 0. The van der Waals surface area contributed by atoms with Crippen molar-refractivity contribution in [2.75, 3.05) is 12.3 Å². The van der Waals surface area contributed by atoms with Crippen molar-refractivity contribution in [2.45, 2.75) is 24.2 Å². The lowest BCUT2D eigenvalue weighted by Gasteiger charge is -2.05. The van der Waals surface area contributed by atoms with Gasteiger partial charge in [-0.1, -0.05) is 12.1 Å². The number of hydrogen-bond acceptors (Lipinski definition) is 3. The third-order valence-corrected chi connectivity index (χ3v) is 3.94. The normalized spacial score (nSPS) is 10.5. The lowest BCUT2D eigenvalue weighted by atomic mass is 10.3. The number of aromatic amines is 1. The Morgan fingerprint density at radius 1 is 1.38 bits per heavy atom. The van der Waals surface area contributed by atoms with Gasteiger partial charge in [0.15, 0.2) is 0 Å².